The number of amides is 2. The molecule has 0 aliphatic heterocycles. The topological polar surface area (TPSA) is 54.0 Å². The highest BCUT2D eigenvalue weighted by Crippen LogP contribution is 2.60. The molecule has 2 N–H and O–H groups in total. The molecule has 17 heavy (non-hydrogen) atoms. The summed E-state index contributed by atoms with van der Waals surface area (Å²) in [5.74, 6) is 0.521. The van der Waals surface area contributed by atoms with Crippen LogP contribution in [0.5, 0.6) is 0 Å². The van der Waals surface area contributed by atoms with E-state index in [0.29, 0.717) is 22.3 Å². The van der Waals surface area contributed by atoms with E-state index < -0.39 is 0 Å². The Labute approximate surface area is 105 Å². The number of nitrogens with one attached hydrogen (secondary N) is 2. The second kappa shape index (κ2) is 3.88. The Bertz CT molecular complexity index is 434. The molecule has 90 valence electrons. The highest BCUT2D eigenvalue weighted by Gasteiger charge is 2.53. The van der Waals surface area contributed by atoms with Crippen molar-refractivity contribution in [2.45, 2.75) is 31.7 Å². The van der Waals surface area contributed by atoms with Gasteiger partial charge in [-0.3, -0.25) is 5.32 Å². The van der Waals surface area contributed by atoms with Gasteiger partial charge in [0.25, 0.3) is 0 Å². The lowest BCUT2D eigenvalue weighted by atomic mass is 9.77. The van der Waals surface area contributed by atoms with Gasteiger partial charge in [0.15, 0.2) is 0 Å². The molecular formula is C12H14ClN3O. The molecule has 2 amide bonds. The van der Waals surface area contributed by atoms with Crippen molar-refractivity contribution in [2.75, 3.05) is 5.32 Å². The number of carbonyl (C=O) groups excluding carboxylic acids is 1. The summed E-state index contributed by atoms with van der Waals surface area (Å²) in [4.78, 5) is 15.6. The molecule has 0 saturated heterocycles. The van der Waals surface area contributed by atoms with Crippen molar-refractivity contribution in [1.82, 2.24) is 10.3 Å². The maximum Gasteiger partial charge on any atom is 0.320 e. The summed E-state index contributed by atoms with van der Waals surface area (Å²) >= 11 is 5.71. The Balaban J connectivity index is 1.48. The van der Waals surface area contributed by atoms with Gasteiger partial charge in [-0.05, 0) is 43.2 Å². The summed E-state index contributed by atoms with van der Waals surface area (Å²) in [5.41, 5.74) is 0.608. The van der Waals surface area contributed by atoms with Gasteiger partial charge in [-0.2, -0.15) is 0 Å². The van der Waals surface area contributed by atoms with Crippen LogP contribution in [0.4, 0.5) is 10.6 Å². The standard InChI is InChI=1S/C12H14ClN3O/c13-8-1-2-10(14-7-8)16-11(17)15-9-5-12(6-9)3-4-12/h1-2,7,9H,3-6H2,(H2,14,15,16,17). The van der Waals surface area contributed by atoms with Crippen LogP contribution < -0.4 is 10.6 Å². The number of urea groups is 1. The van der Waals surface area contributed by atoms with Crippen LogP contribution in [0.15, 0.2) is 18.3 Å². The molecule has 2 saturated carbocycles. The lowest BCUT2D eigenvalue weighted by Gasteiger charge is -2.36. The largest absolute Gasteiger partial charge is 0.335 e. The molecule has 1 aromatic rings. The van der Waals surface area contributed by atoms with Gasteiger partial charge in [0, 0.05) is 12.2 Å². The molecule has 5 heteroatoms. The highest BCUT2D eigenvalue weighted by atomic mass is 35.5. The van der Waals surface area contributed by atoms with Crippen molar-refractivity contribution >= 4 is 23.4 Å². The third-order valence-corrected chi connectivity index (χ3v) is 3.84. The lowest BCUT2D eigenvalue weighted by Crippen LogP contribution is -2.46. The fourth-order valence-electron chi connectivity index (χ4n) is 2.46. The van der Waals surface area contributed by atoms with Gasteiger partial charge in [-0.15, -0.1) is 0 Å². The van der Waals surface area contributed by atoms with Crippen LogP contribution in [0.1, 0.15) is 25.7 Å². The lowest BCUT2D eigenvalue weighted by molar-refractivity contribution is 0.195. The van der Waals surface area contributed by atoms with E-state index in [1.54, 1.807) is 12.1 Å². The molecule has 4 nitrogen and oxygen atoms in total. The number of hydrogen-bond acceptors (Lipinski definition) is 2. The number of pyridine rings is 1. The van der Waals surface area contributed by atoms with E-state index >= 15 is 0 Å². The SMILES string of the molecule is O=C(Nc1ccc(Cl)cn1)NC1CC2(CC2)C1. The third kappa shape index (κ3) is 2.36. The van der Waals surface area contributed by atoms with E-state index in [4.69, 9.17) is 11.6 Å². The van der Waals surface area contributed by atoms with Crippen molar-refractivity contribution in [1.29, 1.82) is 0 Å². The second-order valence-electron chi connectivity index (χ2n) is 5.07. The van der Waals surface area contributed by atoms with Gasteiger partial charge in [-0.25, -0.2) is 9.78 Å². The third-order valence-electron chi connectivity index (χ3n) is 3.62. The van der Waals surface area contributed by atoms with Crippen molar-refractivity contribution in [2.24, 2.45) is 5.41 Å². The molecule has 0 aromatic carbocycles. The maximum atomic E-state index is 11.6. The maximum absolute atomic E-state index is 11.6. The number of hydrogen-bond donors (Lipinski definition) is 2. The smallest absolute Gasteiger partial charge is 0.320 e. The van der Waals surface area contributed by atoms with Crippen molar-refractivity contribution in [3.8, 4) is 0 Å². The molecule has 2 fully saturated rings. The van der Waals surface area contributed by atoms with Crippen molar-refractivity contribution < 1.29 is 4.79 Å². The Morgan fingerprint density at radius 2 is 2.18 bits per heavy atom. The summed E-state index contributed by atoms with van der Waals surface area (Å²) in [6.07, 6.45) is 6.46. The molecule has 1 spiro atoms. The van der Waals surface area contributed by atoms with E-state index in [1.807, 2.05) is 0 Å². The van der Waals surface area contributed by atoms with Gasteiger partial charge in [-0.1, -0.05) is 11.6 Å². The number of aromatic nitrogens is 1. The average molecular weight is 252 g/mol. The van der Waals surface area contributed by atoms with Gasteiger partial charge in [0.05, 0.1) is 5.02 Å². The summed E-state index contributed by atoms with van der Waals surface area (Å²) in [6.45, 7) is 0. The molecule has 0 bridgehead atoms. The highest BCUT2D eigenvalue weighted by molar-refractivity contribution is 6.30. The predicted octanol–water partition coefficient (Wildman–Crippen LogP) is 2.80. The van der Waals surface area contributed by atoms with Crippen LogP contribution in [-0.2, 0) is 0 Å². The normalized spacial score (nSPS) is 20.8. The van der Waals surface area contributed by atoms with Crippen LogP contribution in [0.25, 0.3) is 0 Å². The molecule has 2 aliphatic carbocycles. The van der Waals surface area contributed by atoms with Crippen molar-refractivity contribution in [3.05, 3.63) is 23.4 Å². The molecule has 0 atom stereocenters. The zero-order valence-corrected chi connectivity index (χ0v) is 10.1. The number of nitrogens with zero attached hydrogens (tertiary/aromatic N) is 1. The quantitative estimate of drug-likeness (QED) is 0.849. The summed E-state index contributed by atoms with van der Waals surface area (Å²) in [6, 6.07) is 3.54. The molecule has 0 unspecified atom stereocenters. The first-order valence-corrected chi connectivity index (χ1v) is 6.22. The Morgan fingerprint density at radius 1 is 1.41 bits per heavy atom. The number of carbonyl (C=O) groups is 1. The van der Waals surface area contributed by atoms with Crippen molar-refractivity contribution in [3.63, 3.8) is 0 Å². The van der Waals surface area contributed by atoms with Crippen LogP contribution in [0.3, 0.4) is 0 Å². The zero-order valence-electron chi connectivity index (χ0n) is 9.37. The minimum atomic E-state index is -0.180. The Kier molecular flexibility index (Phi) is 2.47. The molecule has 2 aliphatic rings. The fourth-order valence-corrected chi connectivity index (χ4v) is 2.57. The minimum Gasteiger partial charge on any atom is -0.335 e. The molecule has 0 radical (unpaired) electrons. The van der Waals surface area contributed by atoms with Crippen LogP contribution in [0, 0.1) is 5.41 Å². The Hall–Kier alpha value is -1.29. The number of rotatable bonds is 2. The van der Waals surface area contributed by atoms with Gasteiger partial charge in [0.1, 0.15) is 5.82 Å². The molecule has 1 heterocycles. The predicted molar refractivity (Wildman–Crippen MR) is 66.1 cm³/mol. The molecule has 1 aromatic heterocycles. The summed E-state index contributed by atoms with van der Waals surface area (Å²) in [5, 5.41) is 6.21. The summed E-state index contributed by atoms with van der Waals surface area (Å²) < 4.78 is 0. The molecule has 3 rings (SSSR count). The number of anilines is 1. The molecular weight excluding hydrogens is 238 g/mol. The Morgan fingerprint density at radius 3 is 2.76 bits per heavy atom. The van der Waals surface area contributed by atoms with Gasteiger partial charge >= 0.3 is 6.03 Å². The van der Waals surface area contributed by atoms with E-state index in [2.05, 4.69) is 15.6 Å². The average Bonchev–Trinajstić information content (AvgIpc) is 3.01. The first-order valence-electron chi connectivity index (χ1n) is 5.84. The number of halogens is 1. The van der Waals surface area contributed by atoms with E-state index in [-0.39, 0.29) is 6.03 Å². The van der Waals surface area contributed by atoms with Gasteiger partial charge in [0.2, 0.25) is 0 Å². The van der Waals surface area contributed by atoms with E-state index in [9.17, 15) is 4.79 Å². The second-order valence-corrected chi connectivity index (χ2v) is 5.50. The van der Waals surface area contributed by atoms with Crippen LogP contribution in [-0.4, -0.2) is 17.1 Å². The zero-order chi connectivity index (χ0) is 11.9. The first kappa shape index (κ1) is 10.8. The minimum absolute atomic E-state index is 0.180. The summed E-state index contributed by atoms with van der Waals surface area (Å²) in [7, 11) is 0. The first-order chi connectivity index (χ1) is 8.15. The van der Waals surface area contributed by atoms with Crippen LogP contribution in [0.2, 0.25) is 5.02 Å². The van der Waals surface area contributed by atoms with Gasteiger partial charge < -0.3 is 5.32 Å². The monoisotopic (exact) mass is 251 g/mol. The van der Waals surface area contributed by atoms with Crippen LogP contribution >= 0.6 is 11.6 Å². The fraction of sp³-hybridized carbons (Fsp3) is 0.500. The van der Waals surface area contributed by atoms with E-state index in [1.165, 1.54) is 19.0 Å². The van der Waals surface area contributed by atoms with E-state index in [0.717, 1.165) is 12.8 Å².